The fourth-order valence-corrected chi connectivity index (χ4v) is 2.64. The van der Waals surface area contributed by atoms with Gasteiger partial charge in [0, 0.05) is 19.2 Å². The summed E-state index contributed by atoms with van der Waals surface area (Å²) >= 11 is 0. The Hall–Kier alpha value is -0.170. The standard InChI is InChI=1S/C8H18N2O3S/c1-6(5-13-2)14(11,12)10-8-3-7(9)4-8/h6-8,10H,3-5,9H2,1-2H3. The Morgan fingerprint density at radius 3 is 2.57 bits per heavy atom. The Morgan fingerprint density at radius 1 is 1.57 bits per heavy atom. The maximum Gasteiger partial charge on any atom is 0.216 e. The SMILES string of the molecule is COCC(C)S(=O)(=O)NC1CC(N)C1. The van der Waals surface area contributed by atoms with Crippen molar-refractivity contribution in [2.75, 3.05) is 13.7 Å². The molecule has 0 saturated heterocycles. The van der Waals surface area contributed by atoms with Gasteiger partial charge in [-0.25, -0.2) is 13.1 Å². The summed E-state index contributed by atoms with van der Waals surface area (Å²) in [5.74, 6) is 0. The highest BCUT2D eigenvalue weighted by Gasteiger charge is 2.31. The van der Waals surface area contributed by atoms with E-state index in [1.807, 2.05) is 0 Å². The number of nitrogens with two attached hydrogens (primary N) is 1. The van der Waals surface area contributed by atoms with Gasteiger partial charge in [0.05, 0.1) is 11.9 Å². The van der Waals surface area contributed by atoms with E-state index >= 15 is 0 Å². The molecular formula is C8H18N2O3S. The largest absolute Gasteiger partial charge is 0.383 e. The molecule has 1 fully saturated rings. The van der Waals surface area contributed by atoms with E-state index in [4.69, 9.17) is 10.5 Å². The first-order chi connectivity index (χ1) is 6.45. The molecule has 5 nitrogen and oxygen atoms in total. The third-order valence-corrected chi connectivity index (χ3v) is 4.29. The van der Waals surface area contributed by atoms with Crippen LogP contribution in [0.5, 0.6) is 0 Å². The fourth-order valence-electron chi connectivity index (χ4n) is 1.43. The van der Waals surface area contributed by atoms with Crippen molar-refractivity contribution in [2.24, 2.45) is 5.73 Å². The molecule has 0 aromatic carbocycles. The van der Waals surface area contributed by atoms with Crippen molar-refractivity contribution in [1.82, 2.24) is 4.72 Å². The number of methoxy groups -OCH3 is 1. The van der Waals surface area contributed by atoms with Crippen LogP contribution in [-0.4, -0.2) is 39.5 Å². The van der Waals surface area contributed by atoms with Crippen LogP contribution in [0.25, 0.3) is 0 Å². The second-order valence-corrected chi connectivity index (χ2v) is 5.99. The predicted molar refractivity (Wildman–Crippen MR) is 54.4 cm³/mol. The van der Waals surface area contributed by atoms with Crippen LogP contribution in [0, 0.1) is 0 Å². The van der Waals surface area contributed by atoms with Crippen molar-refractivity contribution >= 4 is 10.0 Å². The molecule has 0 aliphatic heterocycles. The van der Waals surface area contributed by atoms with Crippen LogP contribution in [0.15, 0.2) is 0 Å². The van der Waals surface area contributed by atoms with E-state index in [1.54, 1.807) is 6.92 Å². The average Bonchev–Trinajstić information content (AvgIpc) is 2.01. The summed E-state index contributed by atoms with van der Waals surface area (Å²) in [7, 11) is -1.75. The molecule has 1 rings (SSSR count). The molecule has 14 heavy (non-hydrogen) atoms. The van der Waals surface area contributed by atoms with Gasteiger partial charge >= 0.3 is 0 Å². The van der Waals surface area contributed by atoms with Gasteiger partial charge in [0.2, 0.25) is 10.0 Å². The van der Waals surface area contributed by atoms with Gasteiger partial charge in [-0.15, -0.1) is 0 Å². The van der Waals surface area contributed by atoms with Gasteiger partial charge in [-0.1, -0.05) is 0 Å². The summed E-state index contributed by atoms with van der Waals surface area (Å²) in [5, 5.41) is -0.510. The van der Waals surface area contributed by atoms with Crippen LogP contribution in [0.4, 0.5) is 0 Å². The zero-order valence-electron chi connectivity index (χ0n) is 8.56. The third-order valence-electron chi connectivity index (χ3n) is 2.44. The van der Waals surface area contributed by atoms with Crippen LogP contribution in [0.1, 0.15) is 19.8 Å². The second-order valence-electron chi connectivity index (χ2n) is 3.86. The lowest BCUT2D eigenvalue weighted by atomic mass is 9.89. The number of hydrogen-bond donors (Lipinski definition) is 2. The molecule has 0 heterocycles. The first kappa shape index (κ1) is 11.9. The van der Waals surface area contributed by atoms with Gasteiger partial charge < -0.3 is 10.5 Å². The molecule has 0 amide bonds. The van der Waals surface area contributed by atoms with Crippen LogP contribution in [0.2, 0.25) is 0 Å². The third kappa shape index (κ3) is 2.91. The molecule has 0 spiro atoms. The van der Waals surface area contributed by atoms with Crippen LogP contribution < -0.4 is 10.5 Å². The first-order valence-electron chi connectivity index (χ1n) is 4.71. The smallest absolute Gasteiger partial charge is 0.216 e. The molecule has 3 N–H and O–H groups in total. The highest BCUT2D eigenvalue weighted by atomic mass is 32.2. The molecule has 84 valence electrons. The van der Waals surface area contributed by atoms with Gasteiger partial charge in [-0.2, -0.15) is 0 Å². The zero-order chi connectivity index (χ0) is 10.8. The minimum Gasteiger partial charge on any atom is -0.383 e. The fraction of sp³-hybridized carbons (Fsp3) is 1.00. The van der Waals surface area contributed by atoms with Gasteiger partial charge in [0.15, 0.2) is 0 Å². The molecule has 6 heteroatoms. The normalized spacial score (nSPS) is 29.6. The Balaban J connectivity index is 2.41. The first-order valence-corrected chi connectivity index (χ1v) is 6.26. The Labute approximate surface area is 85.1 Å². The number of rotatable bonds is 5. The minimum absolute atomic E-state index is 0.0225. The molecule has 0 bridgehead atoms. The van der Waals surface area contributed by atoms with E-state index in [0.29, 0.717) is 0 Å². The summed E-state index contributed by atoms with van der Waals surface area (Å²) in [6, 6.07) is 0.176. The molecule has 1 unspecified atom stereocenters. The van der Waals surface area contributed by atoms with Crippen LogP contribution >= 0.6 is 0 Å². The van der Waals surface area contributed by atoms with Gasteiger partial charge in [-0.05, 0) is 19.8 Å². The molecule has 0 radical (unpaired) electrons. The number of ether oxygens (including phenoxy) is 1. The van der Waals surface area contributed by atoms with E-state index in [0.717, 1.165) is 12.8 Å². The maximum absolute atomic E-state index is 11.6. The summed E-state index contributed by atoms with van der Waals surface area (Å²) < 4.78 is 30.6. The highest BCUT2D eigenvalue weighted by molar-refractivity contribution is 7.90. The van der Waals surface area contributed by atoms with E-state index in [1.165, 1.54) is 7.11 Å². The van der Waals surface area contributed by atoms with Crippen molar-refractivity contribution in [3.8, 4) is 0 Å². The number of nitrogens with one attached hydrogen (secondary N) is 1. The van der Waals surface area contributed by atoms with Gasteiger partial charge in [0.1, 0.15) is 0 Å². The monoisotopic (exact) mass is 222 g/mol. The Kier molecular flexibility index (Phi) is 3.88. The molecule has 1 saturated carbocycles. The molecule has 1 aliphatic carbocycles. The predicted octanol–water partition coefficient (Wildman–Crippen LogP) is -0.570. The van der Waals surface area contributed by atoms with Gasteiger partial charge in [0.25, 0.3) is 0 Å². The second kappa shape index (κ2) is 4.57. The Morgan fingerprint density at radius 2 is 2.14 bits per heavy atom. The van der Waals surface area contributed by atoms with Crippen molar-refractivity contribution in [1.29, 1.82) is 0 Å². The van der Waals surface area contributed by atoms with E-state index < -0.39 is 15.3 Å². The molecule has 0 aromatic rings. The average molecular weight is 222 g/mol. The van der Waals surface area contributed by atoms with Crippen LogP contribution in [0.3, 0.4) is 0 Å². The zero-order valence-corrected chi connectivity index (χ0v) is 9.38. The van der Waals surface area contributed by atoms with Crippen molar-refractivity contribution in [3.05, 3.63) is 0 Å². The van der Waals surface area contributed by atoms with E-state index in [9.17, 15) is 8.42 Å². The number of hydrogen-bond acceptors (Lipinski definition) is 4. The summed E-state index contributed by atoms with van der Waals surface area (Å²) in [6.45, 7) is 1.85. The highest BCUT2D eigenvalue weighted by Crippen LogP contribution is 2.19. The lowest BCUT2D eigenvalue weighted by molar-refractivity contribution is 0.199. The molecule has 0 aromatic heterocycles. The molecule has 1 atom stereocenters. The maximum atomic E-state index is 11.6. The summed E-state index contributed by atoms with van der Waals surface area (Å²) in [5.41, 5.74) is 5.56. The topological polar surface area (TPSA) is 81.4 Å². The molecule has 1 aliphatic rings. The lowest BCUT2D eigenvalue weighted by Gasteiger charge is -2.33. The minimum atomic E-state index is -3.24. The van der Waals surface area contributed by atoms with E-state index in [2.05, 4.69) is 4.72 Å². The molecular weight excluding hydrogens is 204 g/mol. The quantitative estimate of drug-likeness (QED) is 0.653. The van der Waals surface area contributed by atoms with Crippen molar-refractivity contribution in [3.63, 3.8) is 0 Å². The van der Waals surface area contributed by atoms with Crippen molar-refractivity contribution < 1.29 is 13.2 Å². The van der Waals surface area contributed by atoms with Crippen molar-refractivity contribution in [2.45, 2.75) is 37.1 Å². The lowest BCUT2D eigenvalue weighted by Crippen LogP contribution is -2.52. The summed E-state index contributed by atoms with van der Waals surface area (Å²) in [6.07, 6.45) is 1.47. The Bertz CT molecular complexity index is 272. The van der Waals surface area contributed by atoms with Gasteiger partial charge in [-0.3, -0.25) is 0 Å². The van der Waals surface area contributed by atoms with E-state index in [-0.39, 0.29) is 18.7 Å². The summed E-state index contributed by atoms with van der Waals surface area (Å²) in [4.78, 5) is 0. The van der Waals surface area contributed by atoms with Crippen LogP contribution in [-0.2, 0) is 14.8 Å². The number of sulfonamides is 1.